The van der Waals surface area contributed by atoms with Gasteiger partial charge < -0.3 is 9.15 Å². The van der Waals surface area contributed by atoms with Crippen LogP contribution < -0.4 is 0 Å². The second kappa shape index (κ2) is 6.30. The van der Waals surface area contributed by atoms with Gasteiger partial charge in [0, 0.05) is 6.42 Å². The number of hydrogen-bond donors (Lipinski definition) is 0. The lowest BCUT2D eigenvalue weighted by molar-refractivity contribution is -0.154. The van der Waals surface area contributed by atoms with Gasteiger partial charge in [0.05, 0.1) is 0 Å². The van der Waals surface area contributed by atoms with E-state index in [1.54, 1.807) is 0 Å². The Labute approximate surface area is 126 Å². The lowest BCUT2D eigenvalue weighted by Crippen LogP contribution is -2.30. The molecule has 6 heteroatoms. The predicted molar refractivity (Wildman–Crippen MR) is 78.1 cm³/mol. The van der Waals surface area contributed by atoms with Gasteiger partial charge in [-0.2, -0.15) is 0 Å². The molecule has 1 saturated carbocycles. The molecule has 1 fully saturated rings. The zero-order valence-electron chi connectivity index (χ0n) is 11.4. The van der Waals surface area contributed by atoms with Gasteiger partial charge in [-0.15, -0.1) is 0 Å². The van der Waals surface area contributed by atoms with Gasteiger partial charge in [0.25, 0.3) is 5.22 Å². The number of thioether (sulfide) groups is 1. The molecule has 110 valence electrons. The van der Waals surface area contributed by atoms with Crippen LogP contribution in [0.4, 0.5) is 0 Å². The van der Waals surface area contributed by atoms with Crippen LogP contribution in [0.25, 0.3) is 11.1 Å². The van der Waals surface area contributed by atoms with Crippen LogP contribution in [-0.2, 0) is 14.3 Å². The Hall–Kier alpha value is -1.82. The Morgan fingerprint density at radius 2 is 2.24 bits per heavy atom. The van der Waals surface area contributed by atoms with Gasteiger partial charge in [-0.3, -0.25) is 9.59 Å². The SMILES string of the molecule is O=C(CSc1nc2ccccc2o1)O[C@H]1CCCCC1=O. The normalized spacial score (nSPS) is 18.9. The first-order chi connectivity index (χ1) is 10.2. The van der Waals surface area contributed by atoms with E-state index in [1.807, 2.05) is 24.3 Å². The summed E-state index contributed by atoms with van der Waals surface area (Å²) in [6.07, 6.45) is 2.41. The summed E-state index contributed by atoms with van der Waals surface area (Å²) >= 11 is 1.18. The number of esters is 1. The van der Waals surface area contributed by atoms with E-state index in [2.05, 4.69) is 4.98 Å². The van der Waals surface area contributed by atoms with Crippen LogP contribution >= 0.6 is 11.8 Å². The van der Waals surface area contributed by atoms with Crippen molar-refractivity contribution in [3.63, 3.8) is 0 Å². The van der Waals surface area contributed by atoms with Crippen molar-refractivity contribution in [3.8, 4) is 0 Å². The Morgan fingerprint density at radius 1 is 1.38 bits per heavy atom. The number of ether oxygens (including phenoxy) is 1. The summed E-state index contributed by atoms with van der Waals surface area (Å²) in [5.41, 5.74) is 1.45. The third kappa shape index (κ3) is 3.44. The standard InChI is InChI=1S/C15H15NO4S/c17-11-6-2-4-8-13(11)19-14(18)9-21-15-16-10-5-1-3-7-12(10)20-15/h1,3,5,7,13H,2,4,6,8-9H2/t13-/m0/s1. The van der Waals surface area contributed by atoms with Gasteiger partial charge in [0.2, 0.25) is 0 Å². The second-order valence-corrected chi connectivity index (χ2v) is 5.85. The molecule has 3 rings (SSSR count). The van der Waals surface area contributed by atoms with E-state index in [0.717, 1.165) is 18.4 Å². The molecule has 0 aliphatic heterocycles. The summed E-state index contributed by atoms with van der Waals surface area (Å²) in [5, 5.41) is 0.433. The highest BCUT2D eigenvalue weighted by molar-refractivity contribution is 7.99. The fraction of sp³-hybridized carbons (Fsp3) is 0.400. The van der Waals surface area contributed by atoms with Crippen molar-refractivity contribution in [2.75, 3.05) is 5.75 Å². The van der Waals surface area contributed by atoms with E-state index in [-0.39, 0.29) is 11.5 Å². The Morgan fingerprint density at radius 3 is 3.05 bits per heavy atom. The third-order valence-electron chi connectivity index (χ3n) is 3.36. The van der Waals surface area contributed by atoms with Crippen molar-refractivity contribution >= 4 is 34.6 Å². The minimum absolute atomic E-state index is 0.0291. The summed E-state index contributed by atoms with van der Waals surface area (Å²) < 4.78 is 10.7. The van der Waals surface area contributed by atoms with E-state index >= 15 is 0 Å². The fourth-order valence-corrected chi connectivity index (χ4v) is 2.92. The first-order valence-corrected chi connectivity index (χ1v) is 7.91. The molecule has 5 nitrogen and oxygen atoms in total. The molecule has 1 aromatic carbocycles. The smallest absolute Gasteiger partial charge is 0.317 e. The van der Waals surface area contributed by atoms with Crippen molar-refractivity contribution < 1.29 is 18.7 Å². The van der Waals surface area contributed by atoms with E-state index < -0.39 is 12.1 Å². The molecule has 0 unspecified atom stereocenters. The first kappa shape index (κ1) is 14.1. The van der Waals surface area contributed by atoms with E-state index in [9.17, 15) is 9.59 Å². The maximum absolute atomic E-state index is 11.8. The molecule has 0 amide bonds. The van der Waals surface area contributed by atoms with Gasteiger partial charge in [0.1, 0.15) is 11.3 Å². The topological polar surface area (TPSA) is 69.4 Å². The van der Waals surface area contributed by atoms with Crippen molar-refractivity contribution in [3.05, 3.63) is 24.3 Å². The van der Waals surface area contributed by atoms with Crippen LogP contribution in [0, 0.1) is 0 Å². The van der Waals surface area contributed by atoms with Crippen LogP contribution in [0.5, 0.6) is 0 Å². The minimum atomic E-state index is -0.560. The highest BCUT2D eigenvalue weighted by Gasteiger charge is 2.25. The van der Waals surface area contributed by atoms with Gasteiger partial charge in [-0.05, 0) is 31.4 Å². The predicted octanol–water partition coefficient (Wildman–Crippen LogP) is 2.97. The number of Topliss-reactive ketones (excluding diaryl/α,β-unsaturated/α-hetero) is 1. The number of rotatable bonds is 4. The number of carbonyl (C=O) groups excluding carboxylic acids is 2. The zero-order chi connectivity index (χ0) is 14.7. The molecule has 2 aromatic rings. The Bertz CT molecular complexity index is 633. The fourth-order valence-electron chi connectivity index (χ4n) is 2.30. The van der Waals surface area contributed by atoms with E-state index in [4.69, 9.17) is 9.15 Å². The molecule has 0 bridgehead atoms. The summed E-state index contributed by atoms with van der Waals surface area (Å²) in [6, 6.07) is 7.42. The van der Waals surface area contributed by atoms with Gasteiger partial charge in [0.15, 0.2) is 17.5 Å². The van der Waals surface area contributed by atoms with Gasteiger partial charge in [-0.25, -0.2) is 4.98 Å². The number of carbonyl (C=O) groups is 2. The minimum Gasteiger partial charge on any atom is -0.454 e. The highest BCUT2D eigenvalue weighted by Crippen LogP contribution is 2.24. The van der Waals surface area contributed by atoms with Crippen LogP contribution in [0.1, 0.15) is 25.7 Å². The molecule has 1 aliphatic rings. The van der Waals surface area contributed by atoms with Crippen molar-refractivity contribution in [1.82, 2.24) is 4.98 Å². The van der Waals surface area contributed by atoms with Crippen molar-refractivity contribution in [2.24, 2.45) is 0 Å². The summed E-state index contributed by atoms with van der Waals surface area (Å²) in [6.45, 7) is 0. The monoisotopic (exact) mass is 305 g/mol. The number of oxazole rings is 1. The van der Waals surface area contributed by atoms with Crippen LogP contribution in [0.3, 0.4) is 0 Å². The van der Waals surface area contributed by atoms with E-state index in [1.165, 1.54) is 11.8 Å². The molecule has 21 heavy (non-hydrogen) atoms. The number of fused-ring (bicyclic) bond motifs is 1. The van der Waals surface area contributed by atoms with Crippen LogP contribution in [0.15, 0.2) is 33.9 Å². The lowest BCUT2D eigenvalue weighted by atomic mass is 9.96. The first-order valence-electron chi connectivity index (χ1n) is 6.93. The van der Waals surface area contributed by atoms with Crippen LogP contribution in [-0.4, -0.2) is 28.6 Å². The number of hydrogen-bond acceptors (Lipinski definition) is 6. The molecule has 1 aliphatic carbocycles. The highest BCUT2D eigenvalue weighted by atomic mass is 32.2. The molecular formula is C15H15NO4S. The van der Waals surface area contributed by atoms with Gasteiger partial charge in [-0.1, -0.05) is 23.9 Å². The largest absolute Gasteiger partial charge is 0.454 e. The van der Waals surface area contributed by atoms with Gasteiger partial charge >= 0.3 is 5.97 Å². The van der Waals surface area contributed by atoms with Crippen molar-refractivity contribution in [1.29, 1.82) is 0 Å². The maximum atomic E-state index is 11.8. The lowest BCUT2D eigenvalue weighted by Gasteiger charge is -2.20. The molecule has 0 spiro atoms. The summed E-state index contributed by atoms with van der Waals surface area (Å²) in [4.78, 5) is 27.7. The molecule has 0 N–H and O–H groups in total. The zero-order valence-corrected chi connectivity index (χ0v) is 12.2. The number of ketones is 1. The number of aromatic nitrogens is 1. The molecule has 0 radical (unpaired) electrons. The average molecular weight is 305 g/mol. The quantitative estimate of drug-likeness (QED) is 0.639. The number of nitrogens with zero attached hydrogens (tertiary/aromatic N) is 1. The number of benzene rings is 1. The number of para-hydroxylation sites is 2. The maximum Gasteiger partial charge on any atom is 0.317 e. The van der Waals surface area contributed by atoms with E-state index in [0.29, 0.717) is 23.6 Å². The third-order valence-corrected chi connectivity index (χ3v) is 4.16. The molecule has 1 aromatic heterocycles. The summed E-state index contributed by atoms with van der Waals surface area (Å²) in [5.74, 6) is -0.277. The Balaban J connectivity index is 1.54. The average Bonchev–Trinajstić information content (AvgIpc) is 2.90. The molecular weight excluding hydrogens is 290 g/mol. The second-order valence-electron chi connectivity index (χ2n) is 4.93. The van der Waals surface area contributed by atoms with Crippen LogP contribution in [0.2, 0.25) is 0 Å². The van der Waals surface area contributed by atoms with Crippen molar-refractivity contribution in [2.45, 2.75) is 37.0 Å². The molecule has 1 atom stereocenters. The molecule has 1 heterocycles. The molecule has 0 saturated heterocycles. The summed E-state index contributed by atoms with van der Waals surface area (Å²) in [7, 11) is 0. The Kier molecular flexibility index (Phi) is 4.24.